The summed E-state index contributed by atoms with van der Waals surface area (Å²) in [6, 6.07) is 5.86. The van der Waals surface area contributed by atoms with Crippen LogP contribution in [0.4, 0.5) is 4.39 Å². The van der Waals surface area contributed by atoms with E-state index in [1.165, 1.54) is 12.1 Å². The highest BCUT2D eigenvalue weighted by Crippen LogP contribution is 2.23. The molecule has 0 radical (unpaired) electrons. The van der Waals surface area contributed by atoms with Gasteiger partial charge < -0.3 is 5.11 Å². The number of aliphatic carboxylic acids is 1. The van der Waals surface area contributed by atoms with Gasteiger partial charge in [0.25, 0.3) is 0 Å². The van der Waals surface area contributed by atoms with Crippen LogP contribution in [0.1, 0.15) is 43.6 Å². The minimum Gasteiger partial charge on any atom is -0.481 e. The predicted octanol–water partition coefficient (Wildman–Crippen LogP) is 4.13. The van der Waals surface area contributed by atoms with Crippen LogP contribution < -0.4 is 0 Å². The fourth-order valence-electron chi connectivity index (χ4n) is 1.97. The second kappa shape index (κ2) is 7.64. The van der Waals surface area contributed by atoms with Crippen LogP contribution in [0.5, 0.6) is 0 Å². The molecule has 98 valence electrons. The number of carboxylic acids is 1. The van der Waals surface area contributed by atoms with Crippen molar-refractivity contribution in [3.05, 3.63) is 48.3 Å². The number of carbonyl (C=O) groups is 1. The summed E-state index contributed by atoms with van der Waals surface area (Å²) in [5, 5.41) is 9.18. The quantitative estimate of drug-likeness (QED) is 0.556. The van der Waals surface area contributed by atoms with Gasteiger partial charge in [0.2, 0.25) is 0 Å². The molecule has 1 rings (SSSR count). The lowest BCUT2D eigenvalue weighted by molar-refractivity contribution is -0.139. The van der Waals surface area contributed by atoms with Crippen molar-refractivity contribution >= 4 is 5.97 Å². The monoisotopic (exact) mass is 250 g/mol. The Morgan fingerprint density at radius 3 is 2.78 bits per heavy atom. The van der Waals surface area contributed by atoms with E-state index in [9.17, 15) is 14.3 Å². The molecule has 1 N–H and O–H groups in total. The zero-order valence-electron chi connectivity index (χ0n) is 10.4. The van der Waals surface area contributed by atoms with Gasteiger partial charge in [-0.1, -0.05) is 31.1 Å². The third-order valence-electron chi connectivity index (χ3n) is 2.95. The first kappa shape index (κ1) is 14.4. The third-order valence-corrected chi connectivity index (χ3v) is 2.95. The second-order valence-electron chi connectivity index (χ2n) is 4.37. The highest BCUT2D eigenvalue weighted by atomic mass is 19.1. The van der Waals surface area contributed by atoms with Crippen molar-refractivity contribution in [1.29, 1.82) is 0 Å². The van der Waals surface area contributed by atoms with Gasteiger partial charge in [0.05, 0.1) is 5.92 Å². The molecule has 1 aromatic carbocycles. The summed E-state index contributed by atoms with van der Waals surface area (Å²) in [6.07, 6.45) is 6.21. The first-order chi connectivity index (χ1) is 8.65. The lowest BCUT2D eigenvalue weighted by atomic mass is 9.93. The number of benzene rings is 1. The Kier molecular flexibility index (Phi) is 6.12. The van der Waals surface area contributed by atoms with E-state index in [0.717, 1.165) is 25.7 Å². The van der Waals surface area contributed by atoms with Gasteiger partial charge in [0, 0.05) is 0 Å². The van der Waals surface area contributed by atoms with Crippen molar-refractivity contribution in [3.8, 4) is 0 Å². The molecule has 0 bridgehead atoms. The molecule has 0 fully saturated rings. The van der Waals surface area contributed by atoms with Crippen LogP contribution in [-0.2, 0) is 4.79 Å². The first-order valence-electron chi connectivity index (χ1n) is 6.24. The van der Waals surface area contributed by atoms with Gasteiger partial charge in [-0.3, -0.25) is 4.79 Å². The Hall–Kier alpha value is -1.64. The summed E-state index contributed by atoms with van der Waals surface area (Å²) in [7, 11) is 0. The number of halogens is 1. The molecule has 0 aliphatic heterocycles. The van der Waals surface area contributed by atoms with Crippen molar-refractivity contribution < 1.29 is 14.3 Å². The van der Waals surface area contributed by atoms with Gasteiger partial charge in [-0.2, -0.15) is 0 Å². The Balaban J connectivity index is 2.55. The minimum atomic E-state index is -0.885. The fraction of sp³-hybridized carbons (Fsp3) is 0.400. The van der Waals surface area contributed by atoms with E-state index in [0.29, 0.717) is 12.0 Å². The number of hydrogen-bond donors (Lipinski definition) is 1. The topological polar surface area (TPSA) is 37.3 Å². The Morgan fingerprint density at radius 1 is 1.39 bits per heavy atom. The predicted molar refractivity (Wildman–Crippen MR) is 70.1 cm³/mol. The highest BCUT2D eigenvalue weighted by molar-refractivity contribution is 5.75. The summed E-state index contributed by atoms with van der Waals surface area (Å²) in [5.41, 5.74) is 0.547. The SMILES string of the molecule is C=CCCCCCC(C(=O)O)c1cccc(F)c1. The number of rotatable bonds is 8. The largest absolute Gasteiger partial charge is 0.481 e. The molecule has 3 heteroatoms. The van der Waals surface area contributed by atoms with Gasteiger partial charge >= 0.3 is 5.97 Å². The third kappa shape index (κ3) is 4.70. The fourth-order valence-corrected chi connectivity index (χ4v) is 1.97. The van der Waals surface area contributed by atoms with Crippen molar-refractivity contribution in [1.82, 2.24) is 0 Å². The van der Waals surface area contributed by atoms with Gasteiger partial charge in [-0.05, 0) is 37.0 Å². The smallest absolute Gasteiger partial charge is 0.310 e. The van der Waals surface area contributed by atoms with E-state index < -0.39 is 11.9 Å². The summed E-state index contributed by atoms with van der Waals surface area (Å²) >= 11 is 0. The van der Waals surface area contributed by atoms with Crippen LogP contribution in [0.25, 0.3) is 0 Å². The van der Waals surface area contributed by atoms with Crippen LogP contribution in [0, 0.1) is 5.82 Å². The number of carboxylic acid groups (broad SMARTS) is 1. The summed E-state index contributed by atoms with van der Waals surface area (Å²) in [4.78, 5) is 11.2. The lowest BCUT2D eigenvalue weighted by Crippen LogP contribution is -2.11. The van der Waals surface area contributed by atoms with E-state index in [4.69, 9.17) is 0 Å². The Morgan fingerprint density at radius 2 is 2.17 bits per heavy atom. The molecule has 1 atom stereocenters. The van der Waals surface area contributed by atoms with Gasteiger partial charge in [-0.25, -0.2) is 4.39 Å². The van der Waals surface area contributed by atoms with E-state index in [1.54, 1.807) is 12.1 Å². The molecule has 0 aliphatic carbocycles. The molecule has 0 aliphatic rings. The molecule has 0 spiro atoms. The summed E-state index contributed by atoms with van der Waals surface area (Å²) in [6.45, 7) is 3.64. The normalized spacial score (nSPS) is 12.1. The van der Waals surface area contributed by atoms with Crippen LogP contribution in [0.15, 0.2) is 36.9 Å². The van der Waals surface area contributed by atoms with Gasteiger partial charge in [0.1, 0.15) is 5.82 Å². The average molecular weight is 250 g/mol. The molecule has 18 heavy (non-hydrogen) atoms. The summed E-state index contributed by atoms with van der Waals surface area (Å²) in [5.74, 6) is -1.88. The molecule has 0 heterocycles. The molecule has 0 aromatic heterocycles. The second-order valence-corrected chi connectivity index (χ2v) is 4.37. The molecule has 2 nitrogen and oxygen atoms in total. The molecule has 0 saturated heterocycles. The molecule has 1 unspecified atom stereocenters. The zero-order valence-corrected chi connectivity index (χ0v) is 10.4. The van der Waals surface area contributed by atoms with E-state index in [1.807, 2.05) is 6.08 Å². The molecule has 0 saturated carbocycles. The van der Waals surface area contributed by atoms with Crippen LogP contribution in [0.2, 0.25) is 0 Å². The first-order valence-corrected chi connectivity index (χ1v) is 6.24. The zero-order chi connectivity index (χ0) is 13.4. The van der Waals surface area contributed by atoms with Gasteiger partial charge in [-0.15, -0.1) is 6.58 Å². The van der Waals surface area contributed by atoms with Crippen LogP contribution >= 0.6 is 0 Å². The van der Waals surface area contributed by atoms with Gasteiger partial charge in [0.15, 0.2) is 0 Å². The van der Waals surface area contributed by atoms with Crippen molar-refractivity contribution in [2.24, 2.45) is 0 Å². The van der Waals surface area contributed by atoms with E-state index >= 15 is 0 Å². The van der Waals surface area contributed by atoms with E-state index in [-0.39, 0.29) is 5.82 Å². The highest BCUT2D eigenvalue weighted by Gasteiger charge is 2.19. The molecule has 0 amide bonds. The maximum atomic E-state index is 13.1. The van der Waals surface area contributed by atoms with E-state index in [2.05, 4.69) is 6.58 Å². The Labute approximate surface area is 107 Å². The lowest BCUT2D eigenvalue weighted by Gasteiger charge is -2.12. The average Bonchev–Trinajstić information content (AvgIpc) is 2.33. The maximum absolute atomic E-state index is 13.1. The Bertz CT molecular complexity index is 401. The molecular formula is C15H19FO2. The van der Waals surface area contributed by atoms with Crippen molar-refractivity contribution in [2.45, 2.75) is 38.0 Å². The van der Waals surface area contributed by atoms with Crippen molar-refractivity contribution in [2.75, 3.05) is 0 Å². The summed E-state index contributed by atoms with van der Waals surface area (Å²) < 4.78 is 13.1. The minimum absolute atomic E-state index is 0.384. The number of unbranched alkanes of at least 4 members (excludes halogenated alkanes) is 3. The number of hydrogen-bond acceptors (Lipinski definition) is 1. The molecular weight excluding hydrogens is 231 g/mol. The van der Waals surface area contributed by atoms with Crippen LogP contribution in [-0.4, -0.2) is 11.1 Å². The maximum Gasteiger partial charge on any atom is 0.310 e. The standard InChI is InChI=1S/C15H19FO2/c1-2-3-4-5-6-10-14(15(17)18)12-8-7-9-13(16)11-12/h2,7-9,11,14H,1,3-6,10H2,(H,17,18). The van der Waals surface area contributed by atoms with Crippen LogP contribution in [0.3, 0.4) is 0 Å². The van der Waals surface area contributed by atoms with Crippen molar-refractivity contribution in [3.63, 3.8) is 0 Å². The number of allylic oxidation sites excluding steroid dienone is 1. The molecule has 1 aromatic rings.